The van der Waals surface area contributed by atoms with E-state index in [-0.39, 0.29) is 0 Å². The first kappa shape index (κ1) is 17.8. The van der Waals surface area contributed by atoms with E-state index in [4.69, 9.17) is 5.26 Å². The fraction of sp³-hybridized carbons (Fsp3) is 0.591. The van der Waals surface area contributed by atoms with Crippen molar-refractivity contribution in [2.24, 2.45) is 11.8 Å². The number of nitrogens with zero attached hydrogens (tertiary/aromatic N) is 1. The van der Waals surface area contributed by atoms with E-state index in [9.17, 15) is 0 Å². The summed E-state index contributed by atoms with van der Waals surface area (Å²) in [6, 6.07) is 10.2. The molecular weight excluding hydrogens is 278 g/mol. The van der Waals surface area contributed by atoms with Crippen molar-refractivity contribution in [3.05, 3.63) is 47.5 Å². The summed E-state index contributed by atoms with van der Waals surface area (Å²) < 4.78 is 0. The van der Waals surface area contributed by atoms with Gasteiger partial charge in [0.25, 0.3) is 0 Å². The second-order valence-electron chi connectivity index (χ2n) is 7.05. The lowest BCUT2D eigenvalue weighted by Gasteiger charge is -2.26. The molecule has 2 rings (SSSR count). The van der Waals surface area contributed by atoms with Crippen molar-refractivity contribution in [3.8, 4) is 6.07 Å². The number of nitriles is 1. The van der Waals surface area contributed by atoms with E-state index in [1.807, 2.05) is 12.1 Å². The van der Waals surface area contributed by atoms with Crippen LogP contribution in [0.2, 0.25) is 0 Å². The van der Waals surface area contributed by atoms with E-state index in [0.717, 1.165) is 30.2 Å². The molecule has 0 aliphatic heterocycles. The SMILES string of the molecule is CCCCCC1CCC(/C=C/CCc2ccc(C#N)cc2)CC1. The van der Waals surface area contributed by atoms with Gasteiger partial charge in [0, 0.05) is 0 Å². The van der Waals surface area contributed by atoms with Gasteiger partial charge >= 0.3 is 0 Å². The Morgan fingerprint density at radius 3 is 2.48 bits per heavy atom. The molecular formula is C22H31N. The minimum absolute atomic E-state index is 0.750. The number of aryl methyl sites for hydroxylation is 1. The minimum Gasteiger partial charge on any atom is -0.192 e. The Hall–Kier alpha value is -1.55. The van der Waals surface area contributed by atoms with Crippen LogP contribution >= 0.6 is 0 Å². The largest absolute Gasteiger partial charge is 0.192 e. The zero-order chi connectivity index (χ0) is 16.3. The topological polar surface area (TPSA) is 23.8 Å². The summed E-state index contributed by atoms with van der Waals surface area (Å²) in [5, 5.41) is 8.80. The van der Waals surface area contributed by atoms with E-state index in [2.05, 4.69) is 37.3 Å². The third-order valence-electron chi connectivity index (χ3n) is 5.20. The molecule has 1 saturated carbocycles. The number of rotatable bonds is 8. The molecule has 0 amide bonds. The fourth-order valence-electron chi connectivity index (χ4n) is 3.64. The Kier molecular flexibility index (Phi) is 7.95. The van der Waals surface area contributed by atoms with Crippen LogP contribution in [0.4, 0.5) is 0 Å². The van der Waals surface area contributed by atoms with E-state index in [1.54, 1.807) is 0 Å². The van der Waals surface area contributed by atoms with Gasteiger partial charge in [-0.05, 0) is 68.1 Å². The first-order chi connectivity index (χ1) is 11.3. The normalized spacial score (nSPS) is 21.4. The van der Waals surface area contributed by atoms with Crippen molar-refractivity contribution in [3.63, 3.8) is 0 Å². The van der Waals surface area contributed by atoms with Gasteiger partial charge in [0.2, 0.25) is 0 Å². The first-order valence-electron chi connectivity index (χ1n) is 9.47. The number of hydrogen-bond donors (Lipinski definition) is 0. The molecule has 124 valence electrons. The van der Waals surface area contributed by atoms with Crippen LogP contribution in [-0.4, -0.2) is 0 Å². The summed E-state index contributed by atoms with van der Waals surface area (Å²) in [6.45, 7) is 2.29. The highest BCUT2D eigenvalue weighted by Crippen LogP contribution is 2.32. The molecule has 0 unspecified atom stereocenters. The third kappa shape index (κ3) is 6.61. The van der Waals surface area contributed by atoms with Crippen LogP contribution in [0.15, 0.2) is 36.4 Å². The fourth-order valence-corrected chi connectivity index (χ4v) is 3.64. The summed E-state index contributed by atoms with van der Waals surface area (Å²) in [6.07, 6.45) is 18.3. The van der Waals surface area contributed by atoms with Crippen LogP contribution in [0.25, 0.3) is 0 Å². The van der Waals surface area contributed by atoms with Gasteiger partial charge in [-0.3, -0.25) is 0 Å². The molecule has 23 heavy (non-hydrogen) atoms. The van der Waals surface area contributed by atoms with Crippen molar-refractivity contribution < 1.29 is 0 Å². The summed E-state index contributed by atoms with van der Waals surface area (Å²) in [4.78, 5) is 0. The lowest BCUT2D eigenvalue weighted by Crippen LogP contribution is -2.13. The summed E-state index contributed by atoms with van der Waals surface area (Å²) in [5.74, 6) is 1.82. The Labute approximate surface area is 142 Å². The first-order valence-corrected chi connectivity index (χ1v) is 9.47. The lowest BCUT2D eigenvalue weighted by atomic mass is 9.79. The second kappa shape index (κ2) is 10.3. The molecule has 0 aromatic heterocycles. The number of benzene rings is 1. The van der Waals surface area contributed by atoms with Gasteiger partial charge in [-0.15, -0.1) is 0 Å². The molecule has 1 aromatic carbocycles. The van der Waals surface area contributed by atoms with Crippen LogP contribution in [0.3, 0.4) is 0 Å². The van der Waals surface area contributed by atoms with Crippen LogP contribution in [0, 0.1) is 23.2 Å². The van der Waals surface area contributed by atoms with Gasteiger partial charge in [0.05, 0.1) is 11.6 Å². The second-order valence-corrected chi connectivity index (χ2v) is 7.05. The van der Waals surface area contributed by atoms with Crippen molar-refractivity contribution in [2.45, 2.75) is 71.1 Å². The highest BCUT2D eigenvalue weighted by molar-refractivity contribution is 5.31. The standard InChI is InChI=1S/C22H31N/c1-2-3-4-7-19-10-12-20(13-11-19)8-5-6-9-21-14-16-22(18-23)17-15-21/h5,8,14-17,19-20H,2-4,6-7,9-13H2,1H3/b8-5+. The molecule has 0 N–H and O–H groups in total. The highest BCUT2D eigenvalue weighted by atomic mass is 14.2. The maximum Gasteiger partial charge on any atom is 0.0991 e. The molecule has 0 saturated heterocycles. The van der Waals surface area contributed by atoms with Gasteiger partial charge < -0.3 is 0 Å². The van der Waals surface area contributed by atoms with Crippen LogP contribution in [0.1, 0.15) is 75.8 Å². The van der Waals surface area contributed by atoms with Crippen molar-refractivity contribution in [1.29, 1.82) is 5.26 Å². The number of allylic oxidation sites excluding steroid dienone is 2. The summed E-state index contributed by atoms with van der Waals surface area (Å²) in [7, 11) is 0. The maximum atomic E-state index is 8.80. The van der Waals surface area contributed by atoms with Crippen LogP contribution in [-0.2, 0) is 6.42 Å². The summed E-state index contributed by atoms with van der Waals surface area (Å²) >= 11 is 0. The summed E-state index contributed by atoms with van der Waals surface area (Å²) in [5.41, 5.74) is 2.08. The Morgan fingerprint density at radius 1 is 1.09 bits per heavy atom. The molecule has 0 bridgehead atoms. The number of hydrogen-bond acceptors (Lipinski definition) is 1. The predicted molar refractivity (Wildman–Crippen MR) is 98.2 cm³/mol. The van der Waals surface area contributed by atoms with Gasteiger partial charge in [-0.25, -0.2) is 0 Å². The van der Waals surface area contributed by atoms with Crippen LogP contribution < -0.4 is 0 Å². The molecule has 0 spiro atoms. The predicted octanol–water partition coefficient (Wildman–Crippen LogP) is 6.43. The monoisotopic (exact) mass is 309 g/mol. The van der Waals surface area contributed by atoms with Crippen LogP contribution in [0.5, 0.6) is 0 Å². The quantitative estimate of drug-likeness (QED) is 0.401. The van der Waals surface area contributed by atoms with Crippen molar-refractivity contribution >= 4 is 0 Å². The minimum atomic E-state index is 0.750. The lowest BCUT2D eigenvalue weighted by molar-refractivity contribution is 0.289. The zero-order valence-electron chi connectivity index (χ0n) is 14.6. The molecule has 0 radical (unpaired) electrons. The molecule has 1 nitrogen and oxygen atoms in total. The average molecular weight is 309 g/mol. The van der Waals surface area contributed by atoms with Crippen molar-refractivity contribution in [2.75, 3.05) is 0 Å². The van der Waals surface area contributed by atoms with Gasteiger partial charge in [0.1, 0.15) is 0 Å². The molecule has 0 heterocycles. The van der Waals surface area contributed by atoms with E-state index in [1.165, 1.54) is 56.9 Å². The number of unbranched alkanes of at least 4 members (excludes halogenated alkanes) is 2. The van der Waals surface area contributed by atoms with E-state index < -0.39 is 0 Å². The highest BCUT2D eigenvalue weighted by Gasteiger charge is 2.18. The molecule has 1 aliphatic rings. The molecule has 1 heteroatoms. The molecule has 1 aliphatic carbocycles. The maximum absolute atomic E-state index is 8.80. The molecule has 1 fully saturated rings. The van der Waals surface area contributed by atoms with E-state index >= 15 is 0 Å². The third-order valence-corrected chi connectivity index (χ3v) is 5.20. The zero-order valence-corrected chi connectivity index (χ0v) is 14.6. The Bertz CT molecular complexity index is 498. The average Bonchev–Trinajstić information content (AvgIpc) is 2.61. The van der Waals surface area contributed by atoms with Gasteiger partial charge in [-0.2, -0.15) is 5.26 Å². The Morgan fingerprint density at radius 2 is 1.83 bits per heavy atom. The molecule has 1 aromatic rings. The smallest absolute Gasteiger partial charge is 0.0991 e. The van der Waals surface area contributed by atoms with Gasteiger partial charge in [0.15, 0.2) is 0 Å². The van der Waals surface area contributed by atoms with Crippen molar-refractivity contribution in [1.82, 2.24) is 0 Å². The van der Waals surface area contributed by atoms with Gasteiger partial charge in [-0.1, -0.05) is 56.9 Å². The van der Waals surface area contributed by atoms with E-state index in [0.29, 0.717) is 0 Å². The molecule has 0 atom stereocenters. The Balaban J connectivity index is 1.62.